The zero-order chi connectivity index (χ0) is 17.7. The van der Waals surface area contributed by atoms with E-state index >= 15 is 0 Å². The molecule has 5 nitrogen and oxygen atoms in total. The lowest BCUT2D eigenvalue weighted by Crippen LogP contribution is -2.32. The Balaban J connectivity index is 2.03. The van der Waals surface area contributed by atoms with Crippen LogP contribution in [0, 0.1) is 5.82 Å². The molecule has 2 aromatic rings. The van der Waals surface area contributed by atoms with Crippen LogP contribution in [0.1, 0.15) is 26.3 Å². The first-order valence-electron chi connectivity index (χ1n) is 7.51. The van der Waals surface area contributed by atoms with Gasteiger partial charge in [0.1, 0.15) is 22.9 Å². The molecule has 0 atom stereocenters. The predicted octanol–water partition coefficient (Wildman–Crippen LogP) is 4.22. The van der Waals surface area contributed by atoms with Crippen molar-refractivity contribution in [2.75, 3.05) is 5.73 Å². The number of nitrogens with two attached hydrogens (primary N) is 1. The fraction of sp³-hybridized carbons (Fsp3) is 0.278. The lowest BCUT2D eigenvalue weighted by atomic mass is 10.1. The van der Waals surface area contributed by atoms with E-state index in [1.807, 2.05) is 0 Å². The Labute approximate surface area is 140 Å². The number of carbonyl (C=O) groups excluding carboxylic acids is 1. The second kappa shape index (κ2) is 7.21. The number of ether oxygens (including phenoxy) is 2. The summed E-state index contributed by atoms with van der Waals surface area (Å²) in [6.45, 7) is 5.58. The van der Waals surface area contributed by atoms with Crippen molar-refractivity contribution in [3.63, 3.8) is 0 Å². The Morgan fingerprint density at radius 1 is 1.12 bits per heavy atom. The van der Waals surface area contributed by atoms with E-state index < -0.39 is 11.7 Å². The highest BCUT2D eigenvalue weighted by molar-refractivity contribution is 5.68. The molecule has 1 amide bonds. The second-order valence-corrected chi connectivity index (χ2v) is 6.27. The predicted molar refractivity (Wildman–Crippen MR) is 90.4 cm³/mol. The van der Waals surface area contributed by atoms with E-state index in [-0.39, 0.29) is 12.4 Å². The molecule has 6 heteroatoms. The standard InChI is InChI=1S/C18H21FN2O3/c1-18(2,3)24-17(22)21-11-12-10-15(8-9-16(12)20)23-14-6-4-13(19)5-7-14/h4-10H,11,20H2,1-3H3,(H,21,22). The van der Waals surface area contributed by atoms with Gasteiger partial charge in [0.2, 0.25) is 0 Å². The van der Waals surface area contributed by atoms with Gasteiger partial charge in [-0.3, -0.25) is 0 Å². The van der Waals surface area contributed by atoms with Crippen molar-refractivity contribution >= 4 is 11.8 Å². The Morgan fingerprint density at radius 2 is 1.75 bits per heavy atom. The smallest absolute Gasteiger partial charge is 0.407 e. The number of benzene rings is 2. The molecule has 128 valence electrons. The molecule has 0 aliphatic heterocycles. The summed E-state index contributed by atoms with van der Waals surface area (Å²) >= 11 is 0. The zero-order valence-corrected chi connectivity index (χ0v) is 13.9. The number of hydrogen-bond acceptors (Lipinski definition) is 4. The Hall–Kier alpha value is -2.76. The van der Waals surface area contributed by atoms with Crippen molar-refractivity contribution in [2.24, 2.45) is 0 Å². The number of nitrogens with one attached hydrogen (secondary N) is 1. The molecule has 0 heterocycles. The highest BCUT2D eigenvalue weighted by atomic mass is 19.1. The number of halogens is 1. The van der Waals surface area contributed by atoms with Gasteiger partial charge in [-0.2, -0.15) is 0 Å². The first-order valence-corrected chi connectivity index (χ1v) is 7.51. The Morgan fingerprint density at radius 3 is 2.38 bits per heavy atom. The molecule has 0 aliphatic carbocycles. The maximum Gasteiger partial charge on any atom is 0.407 e. The van der Waals surface area contributed by atoms with E-state index in [4.69, 9.17) is 15.2 Å². The fourth-order valence-electron chi connectivity index (χ4n) is 1.92. The van der Waals surface area contributed by atoms with Gasteiger partial charge in [-0.25, -0.2) is 9.18 Å². The van der Waals surface area contributed by atoms with Crippen molar-refractivity contribution in [1.29, 1.82) is 0 Å². The number of nitrogen functional groups attached to an aromatic ring is 1. The van der Waals surface area contributed by atoms with Crippen molar-refractivity contribution in [1.82, 2.24) is 5.32 Å². The van der Waals surface area contributed by atoms with E-state index in [9.17, 15) is 9.18 Å². The Kier molecular flexibility index (Phi) is 5.28. The van der Waals surface area contributed by atoms with Gasteiger partial charge in [-0.1, -0.05) is 0 Å². The normalized spacial score (nSPS) is 11.0. The summed E-state index contributed by atoms with van der Waals surface area (Å²) in [6, 6.07) is 10.8. The third-order valence-electron chi connectivity index (χ3n) is 2.99. The van der Waals surface area contributed by atoms with Gasteiger partial charge in [-0.05, 0) is 68.8 Å². The van der Waals surface area contributed by atoms with Crippen LogP contribution < -0.4 is 15.8 Å². The molecule has 0 radical (unpaired) electrons. The number of alkyl carbamates (subject to hydrolysis) is 1. The first kappa shape index (κ1) is 17.6. The minimum atomic E-state index is -0.566. The molecule has 0 spiro atoms. The summed E-state index contributed by atoms with van der Waals surface area (Å²) in [5.41, 5.74) is 6.57. The van der Waals surface area contributed by atoms with Crippen LogP contribution in [0.15, 0.2) is 42.5 Å². The van der Waals surface area contributed by atoms with Gasteiger partial charge in [0.15, 0.2) is 0 Å². The van der Waals surface area contributed by atoms with Gasteiger partial charge in [-0.15, -0.1) is 0 Å². The number of hydrogen-bond donors (Lipinski definition) is 2. The number of rotatable bonds is 4. The lowest BCUT2D eigenvalue weighted by Gasteiger charge is -2.20. The average Bonchev–Trinajstić information content (AvgIpc) is 2.48. The van der Waals surface area contributed by atoms with Crippen LogP contribution in [-0.2, 0) is 11.3 Å². The molecule has 3 N–H and O–H groups in total. The summed E-state index contributed by atoms with van der Waals surface area (Å²) in [5, 5.41) is 2.65. The molecular formula is C18H21FN2O3. The molecular weight excluding hydrogens is 311 g/mol. The SMILES string of the molecule is CC(C)(C)OC(=O)NCc1cc(Oc2ccc(F)cc2)ccc1N. The summed E-state index contributed by atoms with van der Waals surface area (Å²) in [5.74, 6) is 0.714. The van der Waals surface area contributed by atoms with E-state index in [2.05, 4.69) is 5.32 Å². The van der Waals surface area contributed by atoms with Crippen LogP contribution in [0.25, 0.3) is 0 Å². The van der Waals surface area contributed by atoms with Crippen molar-refractivity contribution in [3.8, 4) is 11.5 Å². The van der Waals surface area contributed by atoms with Crippen LogP contribution in [0.4, 0.5) is 14.9 Å². The van der Waals surface area contributed by atoms with Gasteiger partial charge >= 0.3 is 6.09 Å². The molecule has 0 aromatic heterocycles. The molecule has 2 rings (SSSR count). The van der Waals surface area contributed by atoms with E-state index in [0.717, 1.165) is 0 Å². The monoisotopic (exact) mass is 332 g/mol. The van der Waals surface area contributed by atoms with Gasteiger partial charge in [0, 0.05) is 12.2 Å². The highest BCUT2D eigenvalue weighted by Gasteiger charge is 2.16. The summed E-state index contributed by atoms with van der Waals surface area (Å²) in [4.78, 5) is 11.7. The maximum atomic E-state index is 12.9. The lowest BCUT2D eigenvalue weighted by molar-refractivity contribution is 0.0523. The molecule has 0 saturated heterocycles. The van der Waals surface area contributed by atoms with Gasteiger partial charge < -0.3 is 20.5 Å². The molecule has 2 aromatic carbocycles. The maximum absolute atomic E-state index is 12.9. The van der Waals surface area contributed by atoms with Crippen LogP contribution in [0.3, 0.4) is 0 Å². The van der Waals surface area contributed by atoms with E-state index in [0.29, 0.717) is 22.7 Å². The molecule has 0 saturated carbocycles. The van der Waals surface area contributed by atoms with E-state index in [1.165, 1.54) is 24.3 Å². The van der Waals surface area contributed by atoms with Crippen molar-refractivity contribution < 1.29 is 18.7 Å². The number of carbonyl (C=O) groups is 1. The quantitative estimate of drug-likeness (QED) is 0.822. The average molecular weight is 332 g/mol. The van der Waals surface area contributed by atoms with E-state index in [1.54, 1.807) is 39.0 Å². The van der Waals surface area contributed by atoms with Crippen LogP contribution in [0.5, 0.6) is 11.5 Å². The summed E-state index contributed by atoms with van der Waals surface area (Å²) in [6.07, 6.45) is -0.522. The molecule has 0 aliphatic rings. The summed E-state index contributed by atoms with van der Waals surface area (Å²) < 4.78 is 23.7. The third kappa shape index (κ3) is 5.46. The van der Waals surface area contributed by atoms with Gasteiger partial charge in [0.25, 0.3) is 0 Å². The molecule has 24 heavy (non-hydrogen) atoms. The fourth-order valence-corrected chi connectivity index (χ4v) is 1.92. The molecule has 0 fully saturated rings. The highest BCUT2D eigenvalue weighted by Crippen LogP contribution is 2.25. The first-order chi connectivity index (χ1) is 11.2. The Bertz CT molecular complexity index is 709. The molecule has 0 unspecified atom stereocenters. The number of anilines is 1. The molecule has 0 bridgehead atoms. The van der Waals surface area contributed by atoms with Crippen LogP contribution >= 0.6 is 0 Å². The second-order valence-electron chi connectivity index (χ2n) is 6.27. The van der Waals surface area contributed by atoms with Crippen molar-refractivity contribution in [3.05, 3.63) is 53.8 Å². The third-order valence-corrected chi connectivity index (χ3v) is 2.99. The van der Waals surface area contributed by atoms with Crippen molar-refractivity contribution in [2.45, 2.75) is 32.9 Å². The van der Waals surface area contributed by atoms with Gasteiger partial charge in [0.05, 0.1) is 0 Å². The topological polar surface area (TPSA) is 73.6 Å². The zero-order valence-electron chi connectivity index (χ0n) is 13.9. The van der Waals surface area contributed by atoms with Crippen LogP contribution in [-0.4, -0.2) is 11.7 Å². The largest absolute Gasteiger partial charge is 0.457 e. The van der Waals surface area contributed by atoms with Crippen LogP contribution in [0.2, 0.25) is 0 Å². The number of amides is 1. The summed E-state index contributed by atoms with van der Waals surface area (Å²) in [7, 11) is 0. The minimum Gasteiger partial charge on any atom is -0.457 e. The minimum absolute atomic E-state index is 0.210.